The van der Waals surface area contributed by atoms with E-state index in [2.05, 4.69) is 4.98 Å². The number of aromatic amines is 1. The maximum absolute atomic E-state index is 14.0. The number of carbonyl (C=O) groups excluding carboxylic acids is 2. The molecule has 1 saturated heterocycles. The Morgan fingerprint density at radius 1 is 1.21 bits per heavy atom. The number of rotatable bonds is 5. The van der Waals surface area contributed by atoms with Crippen LogP contribution < -0.4 is 0 Å². The minimum Gasteiger partial charge on any atom is -0.507 e. The van der Waals surface area contributed by atoms with Gasteiger partial charge in [0.05, 0.1) is 11.6 Å². The van der Waals surface area contributed by atoms with Gasteiger partial charge in [-0.3, -0.25) is 9.59 Å². The number of aromatic nitrogens is 1. The summed E-state index contributed by atoms with van der Waals surface area (Å²) in [6.07, 6.45) is 0. The fraction of sp³-hybridized carbons (Fsp3) is 0.364. The third-order valence-corrected chi connectivity index (χ3v) is 5.42. The van der Waals surface area contributed by atoms with Gasteiger partial charge in [0.15, 0.2) is 0 Å². The molecule has 2 heterocycles. The zero-order valence-electron chi connectivity index (χ0n) is 17.3. The summed E-state index contributed by atoms with van der Waals surface area (Å²) in [6, 6.07) is 4.96. The summed E-state index contributed by atoms with van der Waals surface area (Å²) in [7, 11) is 3.73. The van der Waals surface area contributed by atoms with Crippen molar-refractivity contribution in [3.8, 4) is 0 Å². The highest BCUT2D eigenvalue weighted by molar-refractivity contribution is 6.46. The molecular weight excluding hydrogens is 373 g/mol. The maximum atomic E-state index is 14.0. The van der Waals surface area contributed by atoms with Crippen molar-refractivity contribution in [3.63, 3.8) is 0 Å². The Morgan fingerprint density at radius 3 is 2.45 bits per heavy atom. The number of benzene rings is 1. The van der Waals surface area contributed by atoms with Crippen molar-refractivity contribution in [2.24, 2.45) is 0 Å². The molecule has 154 valence electrons. The fourth-order valence-corrected chi connectivity index (χ4v) is 3.84. The number of nitrogens with one attached hydrogen (secondary N) is 1. The summed E-state index contributed by atoms with van der Waals surface area (Å²) < 4.78 is 14.0. The summed E-state index contributed by atoms with van der Waals surface area (Å²) in [5.74, 6) is -2.15. The predicted octanol–water partition coefficient (Wildman–Crippen LogP) is 3.06. The Hall–Kier alpha value is -2.93. The number of aliphatic hydroxyl groups is 1. The first-order valence-corrected chi connectivity index (χ1v) is 9.48. The quantitative estimate of drug-likeness (QED) is 0.460. The Bertz CT molecular complexity index is 1010. The van der Waals surface area contributed by atoms with Crippen molar-refractivity contribution in [2.45, 2.75) is 26.8 Å². The molecular formula is C22H26FN3O3. The first kappa shape index (κ1) is 20.8. The number of hydrogen-bond acceptors (Lipinski definition) is 4. The number of ketones is 1. The molecule has 7 heteroatoms. The third-order valence-electron chi connectivity index (χ3n) is 5.42. The van der Waals surface area contributed by atoms with E-state index in [4.69, 9.17) is 0 Å². The zero-order chi connectivity index (χ0) is 21.5. The van der Waals surface area contributed by atoms with Crippen molar-refractivity contribution in [1.82, 2.24) is 14.8 Å². The van der Waals surface area contributed by atoms with Crippen molar-refractivity contribution >= 4 is 17.4 Å². The van der Waals surface area contributed by atoms with Crippen LogP contribution in [0, 0.1) is 26.6 Å². The Kier molecular flexibility index (Phi) is 5.61. The van der Waals surface area contributed by atoms with Crippen LogP contribution in [0.1, 0.15) is 34.1 Å². The van der Waals surface area contributed by atoms with E-state index in [1.54, 1.807) is 13.0 Å². The molecule has 1 fully saturated rings. The molecule has 0 spiro atoms. The van der Waals surface area contributed by atoms with E-state index in [1.165, 1.54) is 23.1 Å². The Labute approximate surface area is 169 Å². The van der Waals surface area contributed by atoms with Crippen LogP contribution in [-0.4, -0.2) is 58.8 Å². The first-order chi connectivity index (χ1) is 13.6. The summed E-state index contributed by atoms with van der Waals surface area (Å²) in [6.45, 7) is 6.32. The number of likely N-dealkylation sites (tertiary alicyclic amines) is 1. The Balaban J connectivity index is 2.22. The highest BCUT2D eigenvalue weighted by Gasteiger charge is 2.46. The van der Waals surface area contributed by atoms with Crippen molar-refractivity contribution < 1.29 is 19.1 Å². The van der Waals surface area contributed by atoms with Crippen LogP contribution in [0.2, 0.25) is 0 Å². The monoisotopic (exact) mass is 399 g/mol. The van der Waals surface area contributed by atoms with Gasteiger partial charge in [-0.1, -0.05) is 12.1 Å². The van der Waals surface area contributed by atoms with Gasteiger partial charge < -0.3 is 19.9 Å². The van der Waals surface area contributed by atoms with E-state index in [0.717, 1.165) is 11.3 Å². The SMILES string of the molecule is Cc1[nH]c(C)c(/C(O)=C2\C(=O)C(=O)N(CCN(C)C)C2c2cccc(F)c2)c1C. The zero-order valence-corrected chi connectivity index (χ0v) is 17.3. The molecule has 1 aliphatic heterocycles. The van der Waals surface area contributed by atoms with Crippen molar-refractivity contribution in [2.75, 3.05) is 27.2 Å². The largest absolute Gasteiger partial charge is 0.507 e. The number of amides is 1. The molecule has 0 radical (unpaired) electrons. The average Bonchev–Trinajstić information content (AvgIpc) is 3.05. The number of Topliss-reactive ketones (excluding diaryl/α,β-unsaturated/α-hetero) is 1. The second-order valence-electron chi connectivity index (χ2n) is 7.73. The lowest BCUT2D eigenvalue weighted by Crippen LogP contribution is -2.35. The molecule has 29 heavy (non-hydrogen) atoms. The van der Waals surface area contributed by atoms with Gasteiger partial charge >= 0.3 is 0 Å². The number of aryl methyl sites for hydroxylation is 2. The molecule has 6 nitrogen and oxygen atoms in total. The summed E-state index contributed by atoms with van der Waals surface area (Å²) in [4.78, 5) is 32.2. The summed E-state index contributed by atoms with van der Waals surface area (Å²) in [5, 5.41) is 11.1. The summed E-state index contributed by atoms with van der Waals surface area (Å²) >= 11 is 0. The van der Waals surface area contributed by atoms with Gasteiger partial charge in [0.25, 0.3) is 11.7 Å². The molecule has 0 bridgehead atoms. The standard InChI is InChI=1S/C22H26FN3O3/c1-12-13(2)24-14(3)17(12)20(27)18-19(15-7-6-8-16(23)11-15)26(10-9-25(4)5)22(29)21(18)28/h6-8,11,19,24,27H,9-10H2,1-5H3/b20-18+. The number of H-pyrrole nitrogens is 1. The van der Waals surface area contributed by atoms with E-state index < -0.39 is 23.5 Å². The minimum absolute atomic E-state index is 0.00967. The van der Waals surface area contributed by atoms with Crippen LogP contribution in [0.25, 0.3) is 5.76 Å². The third kappa shape index (κ3) is 3.70. The summed E-state index contributed by atoms with van der Waals surface area (Å²) in [5.41, 5.74) is 3.33. The number of nitrogens with zero attached hydrogens (tertiary/aromatic N) is 2. The second kappa shape index (κ2) is 7.83. The first-order valence-electron chi connectivity index (χ1n) is 9.48. The maximum Gasteiger partial charge on any atom is 0.295 e. The molecule has 2 aromatic rings. The molecule has 3 rings (SSSR count). The smallest absolute Gasteiger partial charge is 0.295 e. The van der Waals surface area contributed by atoms with Crippen LogP contribution in [0.15, 0.2) is 29.8 Å². The van der Waals surface area contributed by atoms with Crippen molar-refractivity contribution in [1.29, 1.82) is 0 Å². The lowest BCUT2D eigenvalue weighted by atomic mass is 9.94. The average molecular weight is 399 g/mol. The normalized spacial score (nSPS) is 18.9. The molecule has 1 amide bonds. The van der Waals surface area contributed by atoms with E-state index >= 15 is 0 Å². The van der Waals surface area contributed by atoms with Gasteiger partial charge in [0, 0.05) is 30.0 Å². The second-order valence-corrected chi connectivity index (χ2v) is 7.73. The highest BCUT2D eigenvalue weighted by Crippen LogP contribution is 2.40. The van der Waals surface area contributed by atoms with Gasteiger partial charge in [0.1, 0.15) is 11.6 Å². The van der Waals surface area contributed by atoms with Gasteiger partial charge in [0.2, 0.25) is 0 Å². The van der Waals surface area contributed by atoms with Gasteiger partial charge in [-0.25, -0.2) is 4.39 Å². The molecule has 1 aliphatic rings. The molecule has 1 unspecified atom stereocenters. The van der Waals surface area contributed by atoms with Crippen LogP contribution in [0.3, 0.4) is 0 Å². The van der Waals surface area contributed by atoms with Crippen molar-refractivity contribution in [3.05, 3.63) is 63.7 Å². The van der Waals surface area contributed by atoms with E-state index in [1.807, 2.05) is 32.8 Å². The van der Waals surface area contributed by atoms with Gasteiger partial charge in [-0.15, -0.1) is 0 Å². The van der Waals surface area contributed by atoms with Crippen LogP contribution >= 0.6 is 0 Å². The number of aliphatic hydroxyl groups excluding tert-OH is 1. The molecule has 1 aromatic heterocycles. The lowest BCUT2D eigenvalue weighted by Gasteiger charge is -2.26. The molecule has 1 atom stereocenters. The number of hydrogen-bond donors (Lipinski definition) is 2. The highest BCUT2D eigenvalue weighted by atomic mass is 19.1. The minimum atomic E-state index is -0.848. The number of halogens is 1. The van der Waals surface area contributed by atoms with E-state index in [0.29, 0.717) is 23.4 Å². The Morgan fingerprint density at radius 2 is 1.90 bits per heavy atom. The fourth-order valence-electron chi connectivity index (χ4n) is 3.84. The van der Waals surface area contributed by atoms with Crippen LogP contribution in [0.5, 0.6) is 0 Å². The molecule has 0 aliphatic carbocycles. The van der Waals surface area contributed by atoms with E-state index in [-0.39, 0.29) is 17.9 Å². The predicted molar refractivity (Wildman–Crippen MR) is 109 cm³/mol. The van der Waals surface area contributed by atoms with Gasteiger partial charge in [-0.2, -0.15) is 0 Å². The molecule has 2 N–H and O–H groups in total. The lowest BCUT2D eigenvalue weighted by molar-refractivity contribution is -0.140. The van der Waals surface area contributed by atoms with Gasteiger partial charge in [-0.05, 0) is 58.1 Å². The topological polar surface area (TPSA) is 76.6 Å². The number of carbonyl (C=O) groups is 2. The van der Waals surface area contributed by atoms with Crippen LogP contribution in [-0.2, 0) is 9.59 Å². The van der Waals surface area contributed by atoms with E-state index in [9.17, 15) is 19.1 Å². The van der Waals surface area contributed by atoms with Crippen LogP contribution in [0.4, 0.5) is 4.39 Å². The molecule has 0 saturated carbocycles. The molecule has 1 aromatic carbocycles. The number of likely N-dealkylation sites (N-methyl/N-ethyl adjacent to an activating group) is 1.